The Morgan fingerprint density at radius 2 is 1.61 bits per heavy atom. The highest BCUT2D eigenvalue weighted by Crippen LogP contribution is 2.33. The SMILES string of the molecule is O=C(O)c1c(-c2ccccc2)cc(-c2cccc(Cl)c2)nc1Cl. The predicted molar refractivity (Wildman–Crippen MR) is 92.1 cm³/mol. The number of hydrogen-bond donors (Lipinski definition) is 1. The monoisotopic (exact) mass is 343 g/mol. The normalized spacial score (nSPS) is 10.5. The molecule has 0 saturated heterocycles. The molecule has 1 N–H and O–H groups in total. The smallest absolute Gasteiger partial charge is 0.339 e. The van der Waals surface area contributed by atoms with Gasteiger partial charge in [0.15, 0.2) is 0 Å². The number of halogens is 2. The third-order valence-electron chi connectivity index (χ3n) is 3.39. The standard InChI is InChI=1S/C18H11Cl2NO2/c19-13-8-4-7-12(9-13)15-10-14(11-5-2-1-3-6-11)16(18(22)23)17(20)21-15/h1-10H,(H,22,23). The lowest BCUT2D eigenvalue weighted by Crippen LogP contribution is -2.03. The van der Waals surface area contributed by atoms with E-state index in [0.29, 0.717) is 16.3 Å². The molecule has 0 saturated carbocycles. The van der Waals surface area contributed by atoms with Crippen LogP contribution < -0.4 is 0 Å². The fraction of sp³-hybridized carbons (Fsp3) is 0. The van der Waals surface area contributed by atoms with Crippen molar-refractivity contribution in [3.8, 4) is 22.4 Å². The van der Waals surface area contributed by atoms with Crippen LogP contribution in [0.3, 0.4) is 0 Å². The van der Waals surface area contributed by atoms with Crippen LogP contribution in [0.5, 0.6) is 0 Å². The highest BCUT2D eigenvalue weighted by Gasteiger charge is 2.19. The number of carboxylic acids is 1. The summed E-state index contributed by atoms with van der Waals surface area (Å²) < 4.78 is 0. The van der Waals surface area contributed by atoms with E-state index in [9.17, 15) is 9.90 Å². The second-order valence-corrected chi connectivity index (χ2v) is 5.70. The van der Waals surface area contributed by atoms with Gasteiger partial charge in [0.2, 0.25) is 0 Å². The lowest BCUT2D eigenvalue weighted by atomic mass is 9.99. The summed E-state index contributed by atoms with van der Waals surface area (Å²) >= 11 is 12.2. The van der Waals surface area contributed by atoms with Crippen LogP contribution in [0.4, 0.5) is 0 Å². The van der Waals surface area contributed by atoms with Gasteiger partial charge in [0.05, 0.1) is 5.69 Å². The second kappa shape index (κ2) is 6.41. The van der Waals surface area contributed by atoms with Gasteiger partial charge >= 0.3 is 5.97 Å². The molecular weight excluding hydrogens is 333 g/mol. The first kappa shape index (κ1) is 15.5. The minimum Gasteiger partial charge on any atom is -0.478 e. The zero-order chi connectivity index (χ0) is 16.4. The Balaban J connectivity index is 2.26. The van der Waals surface area contributed by atoms with Gasteiger partial charge in [-0.3, -0.25) is 0 Å². The van der Waals surface area contributed by atoms with Gasteiger partial charge < -0.3 is 5.11 Å². The molecule has 0 aliphatic heterocycles. The minimum atomic E-state index is -1.11. The van der Waals surface area contributed by atoms with Gasteiger partial charge in [-0.2, -0.15) is 0 Å². The summed E-state index contributed by atoms with van der Waals surface area (Å²) in [6.07, 6.45) is 0. The van der Waals surface area contributed by atoms with Gasteiger partial charge in [0.1, 0.15) is 10.7 Å². The number of aromatic carboxylic acids is 1. The summed E-state index contributed by atoms with van der Waals surface area (Å²) in [4.78, 5) is 15.8. The largest absolute Gasteiger partial charge is 0.478 e. The van der Waals surface area contributed by atoms with E-state index in [1.165, 1.54) is 0 Å². The zero-order valence-corrected chi connectivity index (χ0v) is 13.3. The Labute approximate surface area is 143 Å². The molecule has 0 atom stereocenters. The van der Waals surface area contributed by atoms with Crippen molar-refractivity contribution in [2.24, 2.45) is 0 Å². The average molecular weight is 344 g/mol. The van der Waals surface area contributed by atoms with Crippen molar-refractivity contribution in [3.63, 3.8) is 0 Å². The van der Waals surface area contributed by atoms with E-state index in [1.54, 1.807) is 24.3 Å². The molecule has 0 fully saturated rings. The first-order valence-electron chi connectivity index (χ1n) is 6.81. The second-order valence-electron chi connectivity index (χ2n) is 4.90. The van der Waals surface area contributed by atoms with Crippen LogP contribution in [0.25, 0.3) is 22.4 Å². The van der Waals surface area contributed by atoms with Crippen molar-refractivity contribution < 1.29 is 9.90 Å². The third-order valence-corrected chi connectivity index (χ3v) is 3.90. The van der Waals surface area contributed by atoms with Gasteiger partial charge in [0, 0.05) is 16.1 Å². The summed E-state index contributed by atoms with van der Waals surface area (Å²) in [5.74, 6) is -1.11. The molecule has 5 heteroatoms. The quantitative estimate of drug-likeness (QED) is 0.646. The molecule has 0 bridgehead atoms. The highest BCUT2D eigenvalue weighted by atomic mass is 35.5. The number of carbonyl (C=O) groups is 1. The first-order valence-corrected chi connectivity index (χ1v) is 7.57. The predicted octanol–water partition coefficient (Wildman–Crippen LogP) is 5.42. The van der Waals surface area contributed by atoms with E-state index < -0.39 is 5.97 Å². The van der Waals surface area contributed by atoms with Crippen molar-refractivity contribution in [3.05, 3.63) is 76.4 Å². The Morgan fingerprint density at radius 3 is 2.26 bits per heavy atom. The molecular formula is C18H11Cl2NO2. The molecule has 23 heavy (non-hydrogen) atoms. The molecule has 1 heterocycles. The maximum atomic E-state index is 11.6. The number of pyridine rings is 1. The van der Waals surface area contributed by atoms with Crippen LogP contribution >= 0.6 is 23.2 Å². The summed E-state index contributed by atoms with van der Waals surface area (Å²) in [6, 6.07) is 18.1. The molecule has 0 aliphatic carbocycles. The summed E-state index contributed by atoms with van der Waals surface area (Å²) in [7, 11) is 0. The zero-order valence-electron chi connectivity index (χ0n) is 11.8. The van der Waals surface area contributed by atoms with Gasteiger partial charge in [-0.05, 0) is 23.8 Å². The molecule has 1 aromatic heterocycles. The molecule has 3 aromatic rings. The van der Waals surface area contributed by atoms with Gasteiger partial charge in [-0.15, -0.1) is 0 Å². The van der Waals surface area contributed by atoms with E-state index in [1.807, 2.05) is 36.4 Å². The van der Waals surface area contributed by atoms with E-state index >= 15 is 0 Å². The average Bonchev–Trinajstić information content (AvgIpc) is 2.54. The number of rotatable bonds is 3. The lowest BCUT2D eigenvalue weighted by molar-refractivity contribution is 0.0697. The molecule has 0 aliphatic rings. The Hall–Kier alpha value is -2.36. The summed E-state index contributed by atoms with van der Waals surface area (Å²) in [5.41, 5.74) is 2.61. The first-order chi connectivity index (χ1) is 11.1. The molecule has 0 amide bonds. The van der Waals surface area contributed by atoms with Crippen LogP contribution in [0.2, 0.25) is 10.2 Å². The molecule has 3 nitrogen and oxygen atoms in total. The van der Waals surface area contributed by atoms with Gasteiger partial charge in [-0.1, -0.05) is 65.7 Å². The number of benzene rings is 2. The summed E-state index contributed by atoms with van der Waals surface area (Å²) in [6.45, 7) is 0. The fourth-order valence-corrected chi connectivity index (χ4v) is 2.82. The third kappa shape index (κ3) is 3.21. The Kier molecular flexibility index (Phi) is 4.33. The van der Waals surface area contributed by atoms with E-state index in [-0.39, 0.29) is 10.7 Å². The van der Waals surface area contributed by atoms with Crippen LogP contribution in [0.15, 0.2) is 60.7 Å². The minimum absolute atomic E-state index is 0.0105. The number of nitrogens with zero attached hydrogens (tertiary/aromatic N) is 1. The van der Waals surface area contributed by atoms with Gasteiger partial charge in [-0.25, -0.2) is 9.78 Å². The topological polar surface area (TPSA) is 50.2 Å². The van der Waals surface area contributed by atoms with Crippen LogP contribution in [-0.4, -0.2) is 16.1 Å². The number of hydrogen-bond acceptors (Lipinski definition) is 2. The molecule has 114 valence electrons. The van der Waals surface area contributed by atoms with Crippen molar-refractivity contribution in [2.45, 2.75) is 0 Å². The van der Waals surface area contributed by atoms with E-state index in [2.05, 4.69) is 4.98 Å². The van der Waals surface area contributed by atoms with E-state index in [4.69, 9.17) is 23.2 Å². The number of aromatic nitrogens is 1. The summed E-state index contributed by atoms with van der Waals surface area (Å²) in [5, 5.41) is 9.99. The molecule has 3 rings (SSSR count). The van der Waals surface area contributed by atoms with Crippen molar-refractivity contribution >= 4 is 29.2 Å². The van der Waals surface area contributed by atoms with Crippen molar-refractivity contribution in [2.75, 3.05) is 0 Å². The fourth-order valence-electron chi connectivity index (χ4n) is 2.36. The highest BCUT2D eigenvalue weighted by molar-refractivity contribution is 6.33. The molecule has 2 aromatic carbocycles. The van der Waals surface area contributed by atoms with Crippen molar-refractivity contribution in [1.82, 2.24) is 4.98 Å². The Morgan fingerprint density at radius 1 is 0.913 bits per heavy atom. The Bertz CT molecular complexity index is 879. The van der Waals surface area contributed by atoms with Crippen LogP contribution in [0.1, 0.15) is 10.4 Å². The molecule has 0 unspecified atom stereocenters. The maximum absolute atomic E-state index is 11.6. The lowest BCUT2D eigenvalue weighted by Gasteiger charge is -2.11. The van der Waals surface area contributed by atoms with E-state index in [0.717, 1.165) is 11.1 Å². The number of carboxylic acid groups (broad SMARTS) is 1. The molecule has 0 radical (unpaired) electrons. The van der Waals surface area contributed by atoms with Crippen molar-refractivity contribution in [1.29, 1.82) is 0 Å². The van der Waals surface area contributed by atoms with Gasteiger partial charge in [0.25, 0.3) is 0 Å². The maximum Gasteiger partial charge on any atom is 0.339 e. The van der Waals surface area contributed by atoms with Crippen LogP contribution in [-0.2, 0) is 0 Å². The van der Waals surface area contributed by atoms with Crippen LogP contribution in [0, 0.1) is 0 Å². The molecule has 0 spiro atoms.